The maximum absolute atomic E-state index is 12.7. The molecule has 0 spiro atoms. The number of hydrogen-bond donors (Lipinski definition) is 2. The first kappa shape index (κ1) is 20.3. The molecule has 7 heteroatoms. The number of carbonyl (C=O) groups is 1. The van der Waals surface area contributed by atoms with E-state index < -0.39 is 5.41 Å². The number of hydrogen-bond acceptors (Lipinski definition) is 5. The molecule has 0 bridgehead atoms. The number of nitrogens with zero attached hydrogens (tertiary/aromatic N) is 2. The first-order valence-corrected chi connectivity index (χ1v) is 9.94. The second kappa shape index (κ2) is 9.19. The van der Waals surface area contributed by atoms with Gasteiger partial charge in [-0.2, -0.15) is 4.98 Å². The highest BCUT2D eigenvalue weighted by molar-refractivity contribution is 5.93. The van der Waals surface area contributed by atoms with Crippen molar-refractivity contribution in [1.82, 2.24) is 15.2 Å². The zero-order valence-electron chi connectivity index (χ0n) is 17.0. The molecule has 2 aromatic rings. The predicted octanol–water partition coefficient (Wildman–Crippen LogP) is 4.04. The van der Waals surface area contributed by atoms with E-state index in [1.807, 2.05) is 38.1 Å². The lowest BCUT2D eigenvalue weighted by Gasteiger charge is -2.25. The van der Waals surface area contributed by atoms with Gasteiger partial charge in [-0.1, -0.05) is 26.7 Å². The zero-order chi connectivity index (χ0) is 20.0. The fraction of sp³-hybridized carbons (Fsp3) is 0.571. The van der Waals surface area contributed by atoms with E-state index in [4.69, 9.17) is 9.47 Å². The lowest BCUT2D eigenvalue weighted by atomic mass is 9.83. The van der Waals surface area contributed by atoms with Crippen LogP contribution in [0.5, 0.6) is 5.75 Å². The Kier molecular flexibility index (Phi) is 6.67. The fourth-order valence-corrected chi connectivity index (χ4v) is 3.45. The Morgan fingerprint density at radius 2 is 2.00 bits per heavy atom. The number of aromatic amines is 1. The van der Waals surface area contributed by atoms with Crippen LogP contribution in [-0.2, 0) is 9.53 Å². The second-order valence-corrected chi connectivity index (χ2v) is 8.02. The largest absolute Gasteiger partial charge is 0.497 e. The minimum absolute atomic E-state index is 0.0558. The van der Waals surface area contributed by atoms with Gasteiger partial charge in [-0.05, 0) is 49.4 Å². The molecule has 0 saturated carbocycles. The Balaban J connectivity index is 1.52. The summed E-state index contributed by atoms with van der Waals surface area (Å²) in [5, 5.41) is 9.85. The summed E-state index contributed by atoms with van der Waals surface area (Å²) < 4.78 is 10.6. The summed E-state index contributed by atoms with van der Waals surface area (Å²) in [5.74, 6) is 2.36. The van der Waals surface area contributed by atoms with Crippen LogP contribution in [0.4, 0.5) is 5.95 Å². The highest BCUT2D eigenvalue weighted by Crippen LogP contribution is 2.29. The summed E-state index contributed by atoms with van der Waals surface area (Å²) in [6.07, 6.45) is 5.31. The number of amides is 1. The van der Waals surface area contributed by atoms with Gasteiger partial charge >= 0.3 is 0 Å². The van der Waals surface area contributed by atoms with E-state index in [1.165, 1.54) is 0 Å². The Morgan fingerprint density at radius 1 is 1.29 bits per heavy atom. The molecule has 2 heterocycles. The van der Waals surface area contributed by atoms with Gasteiger partial charge in [0.2, 0.25) is 11.9 Å². The minimum Gasteiger partial charge on any atom is -0.497 e. The number of ether oxygens (including phenoxy) is 2. The van der Waals surface area contributed by atoms with E-state index in [0.717, 1.165) is 62.5 Å². The van der Waals surface area contributed by atoms with Gasteiger partial charge in [0.25, 0.3) is 0 Å². The number of anilines is 1. The first-order valence-electron chi connectivity index (χ1n) is 9.94. The molecule has 0 atom stereocenters. The number of benzene rings is 1. The van der Waals surface area contributed by atoms with Crippen LogP contribution in [0.3, 0.4) is 0 Å². The van der Waals surface area contributed by atoms with E-state index >= 15 is 0 Å². The smallest absolute Gasteiger partial charge is 0.249 e. The third kappa shape index (κ3) is 5.32. The molecule has 1 fully saturated rings. The highest BCUT2D eigenvalue weighted by Gasteiger charge is 2.28. The molecule has 2 N–H and O–H groups in total. The molecule has 7 nitrogen and oxygen atoms in total. The third-order valence-electron chi connectivity index (χ3n) is 5.44. The van der Waals surface area contributed by atoms with E-state index in [-0.39, 0.29) is 5.91 Å². The Labute approximate surface area is 166 Å². The Hall–Kier alpha value is -2.41. The quantitative estimate of drug-likeness (QED) is 0.715. The van der Waals surface area contributed by atoms with E-state index in [9.17, 15) is 4.79 Å². The van der Waals surface area contributed by atoms with Crippen molar-refractivity contribution in [3.05, 3.63) is 24.3 Å². The van der Waals surface area contributed by atoms with Crippen LogP contribution in [0.15, 0.2) is 24.3 Å². The Bertz CT molecular complexity index is 764. The molecule has 0 radical (unpaired) electrons. The van der Waals surface area contributed by atoms with Gasteiger partial charge in [0.15, 0.2) is 5.82 Å². The van der Waals surface area contributed by atoms with Crippen molar-refractivity contribution in [2.24, 2.45) is 11.3 Å². The average molecular weight is 386 g/mol. The van der Waals surface area contributed by atoms with Crippen LogP contribution in [0.1, 0.15) is 46.0 Å². The van der Waals surface area contributed by atoms with Gasteiger partial charge < -0.3 is 9.47 Å². The summed E-state index contributed by atoms with van der Waals surface area (Å²) in [6, 6.07) is 7.51. The van der Waals surface area contributed by atoms with Crippen molar-refractivity contribution in [3.8, 4) is 17.1 Å². The van der Waals surface area contributed by atoms with Gasteiger partial charge in [-0.15, -0.1) is 5.10 Å². The molecule has 1 aromatic heterocycles. The lowest BCUT2D eigenvalue weighted by molar-refractivity contribution is -0.124. The molecule has 1 aliphatic heterocycles. The van der Waals surface area contributed by atoms with Crippen LogP contribution < -0.4 is 10.1 Å². The summed E-state index contributed by atoms with van der Waals surface area (Å²) in [7, 11) is 1.63. The highest BCUT2D eigenvalue weighted by atomic mass is 16.5. The van der Waals surface area contributed by atoms with Gasteiger partial charge in [0.05, 0.1) is 7.11 Å². The number of aromatic nitrogens is 3. The molecule has 1 saturated heterocycles. The van der Waals surface area contributed by atoms with Crippen LogP contribution >= 0.6 is 0 Å². The summed E-state index contributed by atoms with van der Waals surface area (Å²) in [6.45, 7) is 5.69. The number of methoxy groups -OCH3 is 1. The molecule has 0 unspecified atom stereocenters. The maximum atomic E-state index is 12.7. The molecule has 1 amide bonds. The van der Waals surface area contributed by atoms with Gasteiger partial charge in [0, 0.05) is 24.2 Å². The van der Waals surface area contributed by atoms with Crippen LogP contribution in [0, 0.1) is 11.3 Å². The van der Waals surface area contributed by atoms with Crippen molar-refractivity contribution >= 4 is 11.9 Å². The zero-order valence-corrected chi connectivity index (χ0v) is 17.0. The molecule has 28 heavy (non-hydrogen) atoms. The monoisotopic (exact) mass is 386 g/mol. The maximum Gasteiger partial charge on any atom is 0.249 e. The molecule has 1 aromatic carbocycles. The number of carbonyl (C=O) groups excluding carboxylic acids is 1. The second-order valence-electron chi connectivity index (χ2n) is 8.02. The van der Waals surface area contributed by atoms with Crippen molar-refractivity contribution in [3.63, 3.8) is 0 Å². The number of H-pyrrole nitrogens is 1. The molecule has 0 aliphatic carbocycles. The normalized spacial score (nSPS) is 15.4. The van der Waals surface area contributed by atoms with Crippen molar-refractivity contribution < 1.29 is 14.3 Å². The summed E-state index contributed by atoms with van der Waals surface area (Å²) in [5.41, 5.74) is 0.413. The lowest BCUT2D eigenvalue weighted by Crippen LogP contribution is -2.31. The van der Waals surface area contributed by atoms with Crippen LogP contribution in [-0.4, -0.2) is 41.4 Å². The molecule has 1 aliphatic rings. The average Bonchev–Trinajstić information content (AvgIpc) is 3.17. The topological polar surface area (TPSA) is 89.1 Å². The predicted molar refractivity (Wildman–Crippen MR) is 108 cm³/mol. The van der Waals surface area contributed by atoms with Crippen molar-refractivity contribution in [2.45, 2.75) is 46.0 Å². The summed E-state index contributed by atoms with van der Waals surface area (Å²) in [4.78, 5) is 17.1. The van der Waals surface area contributed by atoms with E-state index in [1.54, 1.807) is 7.11 Å². The summed E-state index contributed by atoms with van der Waals surface area (Å²) >= 11 is 0. The van der Waals surface area contributed by atoms with Crippen LogP contribution in [0.2, 0.25) is 0 Å². The molecular weight excluding hydrogens is 356 g/mol. The molecule has 152 valence electrons. The number of rotatable bonds is 8. The molecular formula is C21H30N4O3. The van der Waals surface area contributed by atoms with Gasteiger partial charge in [0.1, 0.15) is 5.75 Å². The fourth-order valence-electron chi connectivity index (χ4n) is 3.45. The van der Waals surface area contributed by atoms with Crippen LogP contribution in [0.25, 0.3) is 11.4 Å². The van der Waals surface area contributed by atoms with E-state index in [0.29, 0.717) is 11.8 Å². The van der Waals surface area contributed by atoms with Gasteiger partial charge in [-0.3, -0.25) is 15.2 Å². The third-order valence-corrected chi connectivity index (χ3v) is 5.44. The molecule has 3 rings (SSSR count). The SMILES string of the molecule is COc1ccc(-c2nc(NC(=O)C(C)(C)CCCC3CCOCC3)n[nH]2)cc1. The first-order chi connectivity index (χ1) is 13.5. The number of nitrogens with one attached hydrogen (secondary N) is 2. The van der Waals surface area contributed by atoms with Crippen molar-refractivity contribution in [2.75, 3.05) is 25.6 Å². The standard InChI is InChI=1S/C21H30N4O3/c1-21(2,12-4-5-15-10-13-28-14-11-15)19(26)23-20-22-18(24-25-20)16-6-8-17(27-3)9-7-16/h6-9,15H,4-5,10-14H2,1-3H3,(H2,22,23,24,25,26). The minimum atomic E-state index is -0.466. The van der Waals surface area contributed by atoms with E-state index in [2.05, 4.69) is 20.5 Å². The van der Waals surface area contributed by atoms with Crippen molar-refractivity contribution in [1.29, 1.82) is 0 Å². The Morgan fingerprint density at radius 3 is 2.68 bits per heavy atom. The van der Waals surface area contributed by atoms with Gasteiger partial charge in [-0.25, -0.2) is 0 Å².